The van der Waals surface area contributed by atoms with E-state index in [1.165, 1.54) is 19.3 Å². The monoisotopic (exact) mass is 213 g/mol. The molecule has 0 aromatic carbocycles. The second kappa shape index (κ2) is 5.31. The molecule has 0 bridgehead atoms. The maximum atomic E-state index is 6.22. The molecule has 0 amide bonds. The topological polar surface area (TPSA) is 35.2 Å². The van der Waals surface area contributed by atoms with E-state index in [-0.39, 0.29) is 5.60 Å². The van der Waals surface area contributed by atoms with Crippen LogP contribution in [-0.4, -0.2) is 18.2 Å². The van der Waals surface area contributed by atoms with Gasteiger partial charge in [0, 0.05) is 0 Å². The largest absolute Gasteiger partial charge is 0.372 e. The Kier molecular flexibility index (Phi) is 4.60. The molecule has 2 N–H and O–H groups in total. The van der Waals surface area contributed by atoms with Crippen LogP contribution in [0.25, 0.3) is 0 Å². The third-order valence-corrected chi connectivity index (χ3v) is 3.82. The van der Waals surface area contributed by atoms with Crippen molar-refractivity contribution in [2.45, 2.75) is 65.1 Å². The van der Waals surface area contributed by atoms with Crippen LogP contribution in [0.15, 0.2) is 0 Å². The molecule has 1 fully saturated rings. The third-order valence-electron chi connectivity index (χ3n) is 3.82. The van der Waals surface area contributed by atoms with Crippen molar-refractivity contribution >= 4 is 0 Å². The van der Waals surface area contributed by atoms with Gasteiger partial charge in [0.05, 0.1) is 11.7 Å². The van der Waals surface area contributed by atoms with Crippen molar-refractivity contribution in [3.8, 4) is 0 Å². The van der Waals surface area contributed by atoms with Gasteiger partial charge in [-0.25, -0.2) is 0 Å². The SMILES string of the molecule is CCC(C)(C)OC1CC(C)CCC1CN. The molecule has 0 aliphatic heterocycles. The molecule has 0 aromatic heterocycles. The van der Waals surface area contributed by atoms with E-state index in [2.05, 4.69) is 27.7 Å². The van der Waals surface area contributed by atoms with Crippen molar-refractivity contribution in [3.05, 3.63) is 0 Å². The minimum atomic E-state index is 0.00907. The van der Waals surface area contributed by atoms with Crippen molar-refractivity contribution < 1.29 is 4.74 Å². The van der Waals surface area contributed by atoms with E-state index in [1.807, 2.05) is 0 Å². The maximum absolute atomic E-state index is 6.22. The number of rotatable bonds is 4. The minimum Gasteiger partial charge on any atom is -0.372 e. The molecular weight excluding hydrogens is 186 g/mol. The average Bonchev–Trinajstić information content (AvgIpc) is 2.18. The normalized spacial score (nSPS) is 33.0. The molecule has 0 spiro atoms. The summed E-state index contributed by atoms with van der Waals surface area (Å²) in [5.74, 6) is 1.37. The number of nitrogens with two attached hydrogens (primary N) is 1. The van der Waals surface area contributed by atoms with Gasteiger partial charge in [-0.15, -0.1) is 0 Å². The number of hydrogen-bond acceptors (Lipinski definition) is 2. The molecule has 1 aliphatic rings. The average molecular weight is 213 g/mol. The molecule has 0 radical (unpaired) electrons. The summed E-state index contributed by atoms with van der Waals surface area (Å²) in [5.41, 5.74) is 5.83. The number of ether oxygens (including phenoxy) is 1. The smallest absolute Gasteiger partial charge is 0.0627 e. The van der Waals surface area contributed by atoms with E-state index in [1.54, 1.807) is 0 Å². The van der Waals surface area contributed by atoms with Crippen LogP contribution < -0.4 is 5.73 Å². The third kappa shape index (κ3) is 3.76. The standard InChI is InChI=1S/C13H27NO/c1-5-13(3,4)15-12-8-10(2)6-7-11(12)9-14/h10-12H,5-9,14H2,1-4H3. The Bertz CT molecular complexity index is 191. The van der Waals surface area contributed by atoms with Crippen LogP contribution >= 0.6 is 0 Å². The fourth-order valence-electron chi connectivity index (χ4n) is 2.30. The van der Waals surface area contributed by atoms with Gasteiger partial charge in [0.2, 0.25) is 0 Å². The lowest BCUT2D eigenvalue weighted by molar-refractivity contribution is -0.114. The van der Waals surface area contributed by atoms with Crippen LogP contribution in [0.3, 0.4) is 0 Å². The summed E-state index contributed by atoms with van der Waals surface area (Å²) in [6.07, 6.45) is 5.19. The van der Waals surface area contributed by atoms with Crippen molar-refractivity contribution in [1.29, 1.82) is 0 Å². The lowest BCUT2D eigenvalue weighted by Crippen LogP contribution is -2.41. The van der Waals surface area contributed by atoms with Crippen molar-refractivity contribution in [2.24, 2.45) is 17.6 Å². The van der Waals surface area contributed by atoms with Gasteiger partial charge >= 0.3 is 0 Å². The van der Waals surface area contributed by atoms with E-state index < -0.39 is 0 Å². The molecule has 0 heterocycles. The molecule has 0 saturated heterocycles. The first kappa shape index (κ1) is 13.0. The fourth-order valence-corrected chi connectivity index (χ4v) is 2.30. The quantitative estimate of drug-likeness (QED) is 0.779. The summed E-state index contributed by atoms with van der Waals surface area (Å²) < 4.78 is 6.22. The molecule has 0 aromatic rings. The Balaban J connectivity index is 2.55. The molecule has 3 atom stereocenters. The van der Waals surface area contributed by atoms with Crippen LogP contribution in [0.2, 0.25) is 0 Å². The lowest BCUT2D eigenvalue weighted by atomic mass is 9.80. The van der Waals surface area contributed by atoms with Gasteiger partial charge in [-0.3, -0.25) is 0 Å². The van der Waals surface area contributed by atoms with Gasteiger partial charge in [-0.2, -0.15) is 0 Å². The van der Waals surface area contributed by atoms with Gasteiger partial charge in [0.25, 0.3) is 0 Å². The summed E-state index contributed by atoms with van der Waals surface area (Å²) in [5, 5.41) is 0. The Hall–Kier alpha value is -0.0800. The highest BCUT2D eigenvalue weighted by atomic mass is 16.5. The highest BCUT2D eigenvalue weighted by Crippen LogP contribution is 2.33. The minimum absolute atomic E-state index is 0.00907. The fraction of sp³-hybridized carbons (Fsp3) is 1.00. The van der Waals surface area contributed by atoms with Crippen LogP contribution in [0.4, 0.5) is 0 Å². The van der Waals surface area contributed by atoms with E-state index in [0.717, 1.165) is 18.9 Å². The molecular formula is C13H27NO. The second-order valence-corrected chi connectivity index (χ2v) is 5.68. The molecule has 2 heteroatoms. The maximum Gasteiger partial charge on any atom is 0.0627 e. The zero-order chi connectivity index (χ0) is 11.5. The highest BCUT2D eigenvalue weighted by molar-refractivity contribution is 4.82. The van der Waals surface area contributed by atoms with E-state index in [0.29, 0.717) is 12.0 Å². The molecule has 15 heavy (non-hydrogen) atoms. The zero-order valence-electron chi connectivity index (χ0n) is 10.8. The second-order valence-electron chi connectivity index (χ2n) is 5.68. The Labute approximate surface area is 94.6 Å². The van der Waals surface area contributed by atoms with Crippen molar-refractivity contribution in [2.75, 3.05) is 6.54 Å². The zero-order valence-corrected chi connectivity index (χ0v) is 10.8. The predicted octanol–water partition coefficient (Wildman–Crippen LogP) is 2.96. The van der Waals surface area contributed by atoms with E-state index >= 15 is 0 Å². The van der Waals surface area contributed by atoms with Crippen LogP contribution in [-0.2, 0) is 4.74 Å². The molecule has 3 unspecified atom stereocenters. The van der Waals surface area contributed by atoms with E-state index in [4.69, 9.17) is 10.5 Å². The van der Waals surface area contributed by atoms with Crippen molar-refractivity contribution in [3.63, 3.8) is 0 Å². The summed E-state index contributed by atoms with van der Waals surface area (Å²) in [6, 6.07) is 0. The van der Waals surface area contributed by atoms with Crippen LogP contribution in [0.5, 0.6) is 0 Å². The Morgan fingerprint density at radius 1 is 1.33 bits per heavy atom. The van der Waals surface area contributed by atoms with Gasteiger partial charge < -0.3 is 10.5 Å². The first-order chi connectivity index (χ1) is 6.98. The lowest BCUT2D eigenvalue weighted by Gasteiger charge is -2.39. The molecule has 2 nitrogen and oxygen atoms in total. The highest BCUT2D eigenvalue weighted by Gasteiger charge is 2.32. The summed E-state index contributed by atoms with van der Waals surface area (Å²) in [7, 11) is 0. The van der Waals surface area contributed by atoms with Crippen LogP contribution in [0.1, 0.15) is 53.4 Å². The molecule has 1 rings (SSSR count). The number of hydrogen-bond donors (Lipinski definition) is 1. The van der Waals surface area contributed by atoms with Crippen LogP contribution in [0, 0.1) is 11.8 Å². The van der Waals surface area contributed by atoms with Gasteiger partial charge in [-0.05, 0) is 51.5 Å². The first-order valence-corrected chi connectivity index (χ1v) is 6.36. The van der Waals surface area contributed by atoms with Crippen molar-refractivity contribution in [1.82, 2.24) is 0 Å². The predicted molar refractivity (Wildman–Crippen MR) is 64.8 cm³/mol. The molecule has 1 aliphatic carbocycles. The van der Waals surface area contributed by atoms with Gasteiger partial charge in [0.15, 0.2) is 0 Å². The first-order valence-electron chi connectivity index (χ1n) is 6.36. The molecule has 90 valence electrons. The Morgan fingerprint density at radius 3 is 2.53 bits per heavy atom. The Morgan fingerprint density at radius 2 is 2.00 bits per heavy atom. The van der Waals surface area contributed by atoms with E-state index in [9.17, 15) is 0 Å². The summed E-state index contributed by atoms with van der Waals surface area (Å²) >= 11 is 0. The van der Waals surface area contributed by atoms with Gasteiger partial charge in [-0.1, -0.05) is 20.3 Å². The summed E-state index contributed by atoms with van der Waals surface area (Å²) in [6.45, 7) is 9.64. The van der Waals surface area contributed by atoms with Gasteiger partial charge in [0.1, 0.15) is 0 Å². The molecule has 1 saturated carbocycles. The summed E-state index contributed by atoms with van der Waals surface area (Å²) in [4.78, 5) is 0.